The van der Waals surface area contributed by atoms with Crippen LogP contribution in [0.3, 0.4) is 0 Å². The number of benzene rings is 3. The van der Waals surface area contributed by atoms with Crippen molar-refractivity contribution in [3.63, 3.8) is 0 Å². The highest BCUT2D eigenvalue weighted by atomic mass is 19.4. The second kappa shape index (κ2) is 10.4. The van der Waals surface area contributed by atoms with E-state index in [0.29, 0.717) is 34.5 Å². The van der Waals surface area contributed by atoms with Crippen molar-refractivity contribution < 1.29 is 31.9 Å². The fourth-order valence-electron chi connectivity index (χ4n) is 4.04. The lowest BCUT2D eigenvalue weighted by Gasteiger charge is -2.23. The van der Waals surface area contributed by atoms with Gasteiger partial charge >= 0.3 is 6.18 Å². The molecule has 1 atom stereocenters. The van der Waals surface area contributed by atoms with Crippen LogP contribution >= 0.6 is 0 Å². The molecule has 0 saturated carbocycles. The number of rotatable bonds is 6. The molecule has 0 fully saturated rings. The maximum atomic E-state index is 13.2. The highest BCUT2D eigenvalue weighted by Crippen LogP contribution is 2.32. The van der Waals surface area contributed by atoms with Gasteiger partial charge in [-0.05, 0) is 60.0 Å². The van der Waals surface area contributed by atoms with Crippen LogP contribution in [-0.4, -0.2) is 22.8 Å². The Morgan fingerprint density at radius 3 is 2.50 bits per heavy atom. The molecular weight excluding hydrogens is 476 g/mol. The molecule has 1 aliphatic heterocycles. The second-order valence-electron chi connectivity index (χ2n) is 8.58. The SMILES string of the molecule is CCC1Oc2ccc(NC(=O)Cc3ccc(F)cc3)cc2CN(Cc2cccc(C(F)(F)F)c2)C1=O. The molecule has 1 N–H and O–H groups in total. The topological polar surface area (TPSA) is 58.6 Å². The van der Waals surface area contributed by atoms with E-state index >= 15 is 0 Å². The molecule has 1 heterocycles. The molecule has 0 saturated heterocycles. The minimum absolute atomic E-state index is 0.0246. The fourth-order valence-corrected chi connectivity index (χ4v) is 4.04. The zero-order valence-corrected chi connectivity index (χ0v) is 19.4. The maximum absolute atomic E-state index is 13.2. The number of ether oxygens (including phenoxy) is 1. The zero-order valence-electron chi connectivity index (χ0n) is 19.4. The van der Waals surface area contributed by atoms with Crippen LogP contribution in [0.1, 0.15) is 35.6 Å². The molecule has 0 aliphatic carbocycles. The van der Waals surface area contributed by atoms with E-state index in [9.17, 15) is 27.2 Å². The van der Waals surface area contributed by atoms with Crippen molar-refractivity contribution in [2.75, 3.05) is 5.32 Å². The van der Waals surface area contributed by atoms with Gasteiger partial charge in [-0.15, -0.1) is 0 Å². The Kier molecular flexibility index (Phi) is 7.28. The molecule has 4 rings (SSSR count). The van der Waals surface area contributed by atoms with Gasteiger partial charge in [-0.2, -0.15) is 13.2 Å². The quantitative estimate of drug-likeness (QED) is 0.440. The molecule has 1 unspecified atom stereocenters. The Morgan fingerprint density at radius 2 is 1.81 bits per heavy atom. The van der Waals surface area contributed by atoms with Crippen molar-refractivity contribution in [1.82, 2.24) is 4.90 Å². The number of hydrogen-bond donors (Lipinski definition) is 1. The van der Waals surface area contributed by atoms with Crippen LogP contribution in [0.5, 0.6) is 5.75 Å². The van der Waals surface area contributed by atoms with Crippen molar-refractivity contribution in [2.24, 2.45) is 0 Å². The lowest BCUT2D eigenvalue weighted by molar-refractivity contribution is -0.139. The smallest absolute Gasteiger partial charge is 0.416 e. The Morgan fingerprint density at radius 1 is 1.06 bits per heavy atom. The van der Waals surface area contributed by atoms with Crippen molar-refractivity contribution >= 4 is 17.5 Å². The van der Waals surface area contributed by atoms with Crippen LogP contribution in [0.4, 0.5) is 23.2 Å². The third kappa shape index (κ3) is 6.02. The van der Waals surface area contributed by atoms with Crippen molar-refractivity contribution in [2.45, 2.75) is 45.1 Å². The van der Waals surface area contributed by atoms with Gasteiger partial charge in [0.2, 0.25) is 5.91 Å². The number of halogens is 4. The van der Waals surface area contributed by atoms with E-state index in [1.54, 1.807) is 31.2 Å². The van der Waals surface area contributed by atoms with Crippen LogP contribution in [-0.2, 0) is 35.3 Å². The van der Waals surface area contributed by atoms with Gasteiger partial charge in [0.1, 0.15) is 11.6 Å². The van der Waals surface area contributed by atoms with Crippen LogP contribution in [0.2, 0.25) is 0 Å². The van der Waals surface area contributed by atoms with Gasteiger partial charge in [-0.1, -0.05) is 31.2 Å². The predicted octanol–water partition coefficient (Wildman–Crippen LogP) is 5.73. The lowest BCUT2D eigenvalue weighted by atomic mass is 10.1. The first-order valence-electron chi connectivity index (χ1n) is 11.4. The summed E-state index contributed by atoms with van der Waals surface area (Å²) in [7, 11) is 0. The van der Waals surface area contributed by atoms with E-state index in [1.165, 1.54) is 35.2 Å². The summed E-state index contributed by atoms with van der Waals surface area (Å²) in [6.45, 7) is 1.87. The van der Waals surface area contributed by atoms with E-state index in [2.05, 4.69) is 5.32 Å². The van der Waals surface area contributed by atoms with Gasteiger partial charge < -0.3 is 15.0 Å². The predicted molar refractivity (Wildman–Crippen MR) is 126 cm³/mol. The minimum atomic E-state index is -4.48. The molecule has 5 nitrogen and oxygen atoms in total. The molecule has 2 amide bonds. The summed E-state index contributed by atoms with van der Waals surface area (Å²) in [6, 6.07) is 15.5. The maximum Gasteiger partial charge on any atom is 0.416 e. The van der Waals surface area contributed by atoms with Crippen molar-refractivity contribution in [1.29, 1.82) is 0 Å². The van der Waals surface area contributed by atoms with Crippen LogP contribution in [0.25, 0.3) is 0 Å². The first-order valence-corrected chi connectivity index (χ1v) is 11.4. The summed E-state index contributed by atoms with van der Waals surface area (Å²) in [5, 5.41) is 2.78. The molecule has 36 heavy (non-hydrogen) atoms. The Bertz CT molecular complexity index is 1260. The van der Waals surface area contributed by atoms with Gasteiger partial charge in [0.05, 0.1) is 12.0 Å². The summed E-state index contributed by atoms with van der Waals surface area (Å²) >= 11 is 0. The van der Waals surface area contributed by atoms with Crippen molar-refractivity contribution in [3.05, 3.63) is 94.8 Å². The number of carbonyl (C=O) groups is 2. The van der Waals surface area contributed by atoms with E-state index in [-0.39, 0.29) is 37.1 Å². The van der Waals surface area contributed by atoms with Gasteiger partial charge in [-0.25, -0.2) is 4.39 Å². The number of alkyl halides is 3. The van der Waals surface area contributed by atoms with E-state index in [1.807, 2.05) is 0 Å². The molecule has 1 aliphatic rings. The summed E-state index contributed by atoms with van der Waals surface area (Å²) in [6.07, 6.45) is -4.84. The molecule has 0 aromatic heterocycles. The number of nitrogens with one attached hydrogen (secondary N) is 1. The number of fused-ring (bicyclic) bond motifs is 1. The standard InChI is InChI=1S/C27H24F4N2O3/c1-2-23-26(35)33(15-18-4-3-5-20(12-18)27(29,30)31)16-19-14-22(10-11-24(19)36-23)32-25(34)13-17-6-8-21(28)9-7-17/h3-12,14,23H,2,13,15-16H2,1H3,(H,32,34). The van der Waals surface area contributed by atoms with E-state index in [4.69, 9.17) is 4.74 Å². The highest BCUT2D eigenvalue weighted by molar-refractivity contribution is 5.92. The molecule has 3 aromatic rings. The third-order valence-corrected chi connectivity index (χ3v) is 5.84. The van der Waals surface area contributed by atoms with Gasteiger partial charge in [0, 0.05) is 24.3 Å². The van der Waals surface area contributed by atoms with Crippen LogP contribution in [0.15, 0.2) is 66.7 Å². The van der Waals surface area contributed by atoms with E-state index < -0.39 is 17.8 Å². The molecule has 0 radical (unpaired) electrons. The normalized spacial score (nSPS) is 15.6. The highest BCUT2D eigenvalue weighted by Gasteiger charge is 2.32. The molecule has 3 aromatic carbocycles. The molecule has 0 spiro atoms. The molecule has 188 valence electrons. The summed E-state index contributed by atoms with van der Waals surface area (Å²) < 4.78 is 58.5. The monoisotopic (exact) mass is 500 g/mol. The van der Waals surface area contributed by atoms with Crippen LogP contribution < -0.4 is 10.1 Å². The second-order valence-corrected chi connectivity index (χ2v) is 8.58. The lowest BCUT2D eigenvalue weighted by Crippen LogP contribution is -2.38. The summed E-state index contributed by atoms with van der Waals surface area (Å²) in [5.74, 6) is -0.551. The van der Waals surface area contributed by atoms with E-state index in [0.717, 1.165) is 12.1 Å². The summed E-state index contributed by atoms with van der Waals surface area (Å²) in [4.78, 5) is 27.0. The number of amides is 2. The minimum Gasteiger partial charge on any atom is -0.480 e. The molecule has 0 bridgehead atoms. The van der Waals surface area contributed by atoms with Gasteiger partial charge in [0.25, 0.3) is 5.91 Å². The number of nitrogens with zero attached hydrogens (tertiary/aromatic N) is 1. The Hall–Kier alpha value is -3.88. The number of hydrogen-bond acceptors (Lipinski definition) is 3. The van der Waals surface area contributed by atoms with Gasteiger partial charge in [-0.3, -0.25) is 9.59 Å². The fraction of sp³-hybridized carbons (Fsp3) is 0.259. The first-order chi connectivity index (χ1) is 17.1. The average Bonchev–Trinajstić information content (AvgIpc) is 2.96. The van der Waals surface area contributed by atoms with Crippen molar-refractivity contribution in [3.8, 4) is 5.75 Å². The first kappa shape index (κ1) is 25.2. The summed E-state index contributed by atoms with van der Waals surface area (Å²) in [5.41, 5.74) is 1.31. The Labute approximate surface area is 205 Å². The molecule has 9 heteroatoms. The largest absolute Gasteiger partial charge is 0.480 e. The molecular formula is C27H24F4N2O3. The average molecular weight is 500 g/mol. The number of carbonyl (C=O) groups excluding carboxylic acids is 2. The zero-order chi connectivity index (χ0) is 25.9. The number of anilines is 1. The van der Waals surface area contributed by atoms with Crippen LogP contribution in [0, 0.1) is 5.82 Å². The third-order valence-electron chi connectivity index (χ3n) is 5.84. The van der Waals surface area contributed by atoms with Gasteiger partial charge in [0.15, 0.2) is 6.10 Å². The Balaban J connectivity index is 1.54.